The summed E-state index contributed by atoms with van der Waals surface area (Å²) in [7, 11) is 0. The Labute approximate surface area is 216 Å². The molecule has 1 aliphatic rings. The molecule has 8 nitrogen and oxygen atoms in total. The number of aromatic hydroxyl groups is 1. The summed E-state index contributed by atoms with van der Waals surface area (Å²) in [4.78, 5) is 24.2. The number of nitrogens with zero attached hydrogens (tertiary/aromatic N) is 4. The third-order valence-electron chi connectivity index (χ3n) is 6.99. The van der Waals surface area contributed by atoms with Crippen molar-refractivity contribution >= 4 is 5.91 Å². The van der Waals surface area contributed by atoms with Gasteiger partial charge < -0.3 is 14.9 Å². The van der Waals surface area contributed by atoms with Crippen LogP contribution in [-0.4, -0.2) is 50.7 Å². The summed E-state index contributed by atoms with van der Waals surface area (Å²) < 4.78 is 5.75. The number of para-hydroxylation sites is 1. The molecule has 0 aliphatic carbocycles. The monoisotopic (exact) mass is 497 g/mol. The van der Waals surface area contributed by atoms with Gasteiger partial charge in [0.25, 0.3) is 5.91 Å². The topological polar surface area (TPSA) is 104 Å². The lowest BCUT2D eigenvalue weighted by Crippen LogP contribution is -2.36. The van der Waals surface area contributed by atoms with Crippen molar-refractivity contribution in [3.8, 4) is 17.3 Å². The molecule has 0 radical (unpaired) electrons. The Morgan fingerprint density at radius 2 is 1.78 bits per heavy atom. The van der Waals surface area contributed by atoms with Crippen LogP contribution in [0.5, 0.6) is 5.75 Å². The van der Waals surface area contributed by atoms with E-state index in [2.05, 4.69) is 44.6 Å². The highest BCUT2D eigenvalue weighted by molar-refractivity contribution is 5.96. The second kappa shape index (κ2) is 11.8. The number of aromatic nitrogens is 3. The van der Waals surface area contributed by atoms with Crippen molar-refractivity contribution < 1.29 is 14.4 Å². The number of carbonyl (C=O) groups excluding carboxylic acids is 1. The number of piperidine rings is 1. The molecule has 190 valence electrons. The molecule has 2 aromatic heterocycles. The highest BCUT2D eigenvalue weighted by atomic mass is 16.5. The lowest BCUT2D eigenvalue weighted by Gasteiger charge is -2.35. The highest BCUT2D eigenvalue weighted by Crippen LogP contribution is 2.35. The summed E-state index contributed by atoms with van der Waals surface area (Å²) in [6.07, 6.45) is 4.38. The first kappa shape index (κ1) is 24.6. The SMILES string of the molecule is O=C(NCCC(c1nc(-c2ccccn2)no1)C1CCN(Cc2ccccc2)CC1)c1ccccc1O. The highest BCUT2D eigenvalue weighted by Gasteiger charge is 2.32. The number of rotatable bonds is 9. The Bertz CT molecular complexity index is 1290. The van der Waals surface area contributed by atoms with Gasteiger partial charge >= 0.3 is 0 Å². The van der Waals surface area contributed by atoms with E-state index < -0.39 is 0 Å². The third-order valence-corrected chi connectivity index (χ3v) is 6.99. The van der Waals surface area contributed by atoms with Gasteiger partial charge in [-0.15, -0.1) is 0 Å². The molecule has 4 aromatic rings. The molecule has 37 heavy (non-hydrogen) atoms. The van der Waals surface area contributed by atoms with Gasteiger partial charge in [-0.1, -0.05) is 53.7 Å². The minimum Gasteiger partial charge on any atom is -0.507 e. The number of likely N-dealkylation sites (tertiary alicyclic amines) is 1. The summed E-state index contributed by atoms with van der Waals surface area (Å²) in [6.45, 7) is 3.35. The molecule has 1 amide bonds. The molecule has 1 saturated heterocycles. The number of phenolic OH excluding ortho intramolecular Hbond substituents is 1. The smallest absolute Gasteiger partial charge is 0.255 e. The third kappa shape index (κ3) is 6.21. The van der Waals surface area contributed by atoms with Gasteiger partial charge in [-0.2, -0.15) is 4.98 Å². The van der Waals surface area contributed by atoms with Gasteiger partial charge in [0, 0.05) is 25.2 Å². The Morgan fingerprint density at radius 1 is 1.03 bits per heavy atom. The van der Waals surface area contributed by atoms with E-state index in [1.165, 1.54) is 11.6 Å². The number of hydrogen-bond acceptors (Lipinski definition) is 7. The van der Waals surface area contributed by atoms with Crippen LogP contribution in [0.4, 0.5) is 0 Å². The van der Waals surface area contributed by atoms with E-state index in [0.29, 0.717) is 36.3 Å². The van der Waals surface area contributed by atoms with Crippen LogP contribution in [0.3, 0.4) is 0 Å². The summed E-state index contributed by atoms with van der Waals surface area (Å²) in [6, 6.07) is 22.7. The van der Waals surface area contributed by atoms with Crippen LogP contribution >= 0.6 is 0 Å². The summed E-state index contributed by atoms with van der Waals surface area (Å²) >= 11 is 0. The molecule has 2 aromatic carbocycles. The van der Waals surface area contributed by atoms with Crippen LogP contribution in [0.25, 0.3) is 11.5 Å². The first-order valence-corrected chi connectivity index (χ1v) is 12.7. The zero-order valence-corrected chi connectivity index (χ0v) is 20.7. The second-order valence-electron chi connectivity index (χ2n) is 9.44. The molecule has 2 N–H and O–H groups in total. The minimum atomic E-state index is -0.297. The van der Waals surface area contributed by atoms with Crippen molar-refractivity contribution in [3.05, 3.63) is 96.0 Å². The molecule has 5 rings (SSSR count). The molecule has 3 heterocycles. The quantitative estimate of drug-likeness (QED) is 0.347. The largest absolute Gasteiger partial charge is 0.507 e. The van der Waals surface area contributed by atoms with E-state index in [1.807, 2.05) is 24.3 Å². The molecule has 1 atom stereocenters. The number of hydrogen-bond donors (Lipinski definition) is 2. The van der Waals surface area contributed by atoms with Gasteiger partial charge in [-0.25, -0.2) is 0 Å². The fourth-order valence-corrected chi connectivity index (χ4v) is 5.00. The molecule has 8 heteroatoms. The maximum absolute atomic E-state index is 12.6. The van der Waals surface area contributed by atoms with Crippen molar-refractivity contribution in [3.63, 3.8) is 0 Å². The molecule has 1 unspecified atom stereocenters. The van der Waals surface area contributed by atoms with E-state index in [9.17, 15) is 9.90 Å². The Hall–Kier alpha value is -4.04. The summed E-state index contributed by atoms with van der Waals surface area (Å²) in [5.74, 6) is 1.09. The van der Waals surface area contributed by atoms with Crippen LogP contribution in [0, 0.1) is 5.92 Å². The second-order valence-corrected chi connectivity index (χ2v) is 9.44. The maximum Gasteiger partial charge on any atom is 0.255 e. The van der Waals surface area contributed by atoms with E-state index in [0.717, 1.165) is 32.5 Å². The zero-order valence-electron chi connectivity index (χ0n) is 20.7. The van der Waals surface area contributed by atoms with E-state index in [1.54, 1.807) is 24.4 Å². The minimum absolute atomic E-state index is 0.00788. The first-order valence-electron chi connectivity index (χ1n) is 12.7. The number of benzene rings is 2. The van der Waals surface area contributed by atoms with E-state index in [4.69, 9.17) is 9.51 Å². The van der Waals surface area contributed by atoms with Crippen molar-refractivity contribution in [2.45, 2.75) is 31.7 Å². The summed E-state index contributed by atoms with van der Waals surface area (Å²) in [5, 5.41) is 17.2. The van der Waals surface area contributed by atoms with Crippen LogP contribution in [0.15, 0.2) is 83.5 Å². The van der Waals surface area contributed by atoms with Crippen molar-refractivity contribution in [2.24, 2.45) is 5.92 Å². The average molecular weight is 498 g/mol. The standard InChI is InChI=1S/C29H31N5O3/c35-26-12-5-4-10-24(26)28(36)31-17-13-23(29-32-27(33-37-29)25-11-6-7-16-30-25)22-14-18-34(19-15-22)20-21-8-2-1-3-9-21/h1-12,16,22-23,35H,13-15,17-20H2,(H,31,36). The van der Waals surface area contributed by atoms with Gasteiger partial charge in [0.1, 0.15) is 11.4 Å². The lowest BCUT2D eigenvalue weighted by atomic mass is 9.82. The molecule has 0 bridgehead atoms. The number of carbonyl (C=O) groups is 1. The normalized spacial score (nSPS) is 15.4. The van der Waals surface area contributed by atoms with Crippen LogP contribution in [0.2, 0.25) is 0 Å². The Kier molecular flexibility index (Phi) is 7.86. The predicted molar refractivity (Wildman–Crippen MR) is 140 cm³/mol. The van der Waals surface area contributed by atoms with Gasteiger partial charge in [0.05, 0.1) is 5.56 Å². The fraction of sp³-hybridized carbons (Fsp3) is 0.310. The van der Waals surface area contributed by atoms with E-state index >= 15 is 0 Å². The molecular formula is C29H31N5O3. The van der Waals surface area contributed by atoms with Crippen LogP contribution in [0.1, 0.15) is 47.0 Å². The van der Waals surface area contributed by atoms with Crippen LogP contribution < -0.4 is 5.32 Å². The molecular weight excluding hydrogens is 466 g/mol. The number of pyridine rings is 1. The zero-order chi connectivity index (χ0) is 25.5. The number of amides is 1. The number of phenols is 1. The van der Waals surface area contributed by atoms with Crippen LogP contribution in [-0.2, 0) is 6.54 Å². The maximum atomic E-state index is 12.6. The fourth-order valence-electron chi connectivity index (χ4n) is 5.00. The molecule has 1 aliphatic heterocycles. The Morgan fingerprint density at radius 3 is 2.54 bits per heavy atom. The summed E-state index contributed by atoms with van der Waals surface area (Å²) in [5.41, 5.74) is 2.26. The van der Waals surface area contributed by atoms with Gasteiger partial charge in [0.2, 0.25) is 11.7 Å². The van der Waals surface area contributed by atoms with Crippen molar-refractivity contribution in [1.29, 1.82) is 0 Å². The first-order chi connectivity index (χ1) is 18.2. The van der Waals surface area contributed by atoms with Gasteiger partial charge in [-0.05, 0) is 68.1 Å². The predicted octanol–water partition coefficient (Wildman–Crippen LogP) is 4.65. The molecule has 1 fully saturated rings. The van der Waals surface area contributed by atoms with Crippen molar-refractivity contribution in [1.82, 2.24) is 25.3 Å². The van der Waals surface area contributed by atoms with E-state index in [-0.39, 0.29) is 23.1 Å². The molecule has 0 spiro atoms. The van der Waals surface area contributed by atoms with Gasteiger partial charge in [0.15, 0.2) is 0 Å². The number of nitrogens with one attached hydrogen (secondary N) is 1. The molecule has 0 saturated carbocycles. The van der Waals surface area contributed by atoms with Crippen molar-refractivity contribution in [2.75, 3.05) is 19.6 Å². The van der Waals surface area contributed by atoms with Gasteiger partial charge in [-0.3, -0.25) is 14.7 Å². The average Bonchev–Trinajstić information content (AvgIpc) is 3.43. The Balaban J connectivity index is 1.26. The lowest BCUT2D eigenvalue weighted by molar-refractivity contribution is 0.0945.